The van der Waals surface area contributed by atoms with Crippen LogP contribution in [0.25, 0.3) is 0 Å². The molecule has 24 heavy (non-hydrogen) atoms. The smallest absolute Gasteiger partial charge is 0.125 e. The van der Waals surface area contributed by atoms with Gasteiger partial charge in [-0.15, -0.1) is 0 Å². The van der Waals surface area contributed by atoms with Crippen LogP contribution in [0.15, 0.2) is 78.9 Å². The monoisotopic (exact) mass is 317 g/mol. The van der Waals surface area contributed by atoms with Crippen LogP contribution in [-0.4, -0.2) is 21.2 Å². The molecule has 0 saturated carbocycles. The number of ether oxygens (including phenoxy) is 1. The highest BCUT2D eigenvalue weighted by atomic mass is 16.5. The van der Waals surface area contributed by atoms with Crippen molar-refractivity contribution in [2.24, 2.45) is 0 Å². The summed E-state index contributed by atoms with van der Waals surface area (Å²) in [6.07, 6.45) is 0. The maximum Gasteiger partial charge on any atom is 0.125 e. The molecule has 0 aliphatic rings. The van der Waals surface area contributed by atoms with Gasteiger partial charge >= 0.3 is 0 Å². The number of hydrogen-bond donors (Lipinski definition) is 0. The van der Waals surface area contributed by atoms with Crippen LogP contribution in [0.5, 0.6) is 5.75 Å². The number of anilines is 1. The second kappa shape index (κ2) is 7.22. The molecule has 2 heteroatoms. The van der Waals surface area contributed by atoms with Crippen LogP contribution < -0.4 is 9.64 Å². The number of benzene rings is 3. The zero-order valence-electron chi connectivity index (χ0n) is 14.4. The van der Waals surface area contributed by atoms with Crippen molar-refractivity contribution in [3.63, 3.8) is 0 Å². The van der Waals surface area contributed by atoms with Gasteiger partial charge in [-0.25, -0.2) is 0 Å². The Morgan fingerprint density at radius 1 is 0.708 bits per heavy atom. The summed E-state index contributed by atoms with van der Waals surface area (Å²) in [6.45, 7) is 0. The lowest BCUT2D eigenvalue weighted by molar-refractivity contribution is 0.409. The lowest BCUT2D eigenvalue weighted by atomic mass is 9.83. The van der Waals surface area contributed by atoms with E-state index in [4.69, 9.17) is 4.74 Å². The lowest BCUT2D eigenvalue weighted by Gasteiger charge is -2.27. The first kappa shape index (κ1) is 16.1. The molecule has 0 radical (unpaired) electrons. The first-order valence-corrected chi connectivity index (χ1v) is 8.16. The standard InChI is InChI=1S/C22H23NO/c1-23(2)19-15-10-16-20(24-3)22(19)21(17-11-6-4-7-12-17)18-13-8-5-9-14-18/h4-16,21H,1-3H3. The van der Waals surface area contributed by atoms with Crippen molar-refractivity contribution in [1.82, 2.24) is 0 Å². The van der Waals surface area contributed by atoms with Gasteiger partial charge in [0.25, 0.3) is 0 Å². The third kappa shape index (κ3) is 3.13. The summed E-state index contributed by atoms with van der Waals surface area (Å²) in [7, 11) is 5.89. The van der Waals surface area contributed by atoms with E-state index in [0.29, 0.717) is 0 Å². The van der Waals surface area contributed by atoms with Gasteiger partial charge in [-0.2, -0.15) is 0 Å². The summed E-state index contributed by atoms with van der Waals surface area (Å²) >= 11 is 0. The fourth-order valence-corrected chi connectivity index (χ4v) is 3.21. The summed E-state index contributed by atoms with van der Waals surface area (Å²) in [5.41, 5.74) is 4.89. The van der Waals surface area contributed by atoms with Gasteiger partial charge in [0.1, 0.15) is 5.75 Å². The largest absolute Gasteiger partial charge is 0.496 e. The summed E-state index contributed by atoms with van der Waals surface area (Å²) < 4.78 is 5.73. The topological polar surface area (TPSA) is 12.5 Å². The fraction of sp³-hybridized carbons (Fsp3) is 0.182. The maximum atomic E-state index is 5.73. The molecular formula is C22H23NO. The molecule has 2 nitrogen and oxygen atoms in total. The Kier molecular flexibility index (Phi) is 4.85. The van der Waals surface area contributed by atoms with Crippen LogP contribution in [0.3, 0.4) is 0 Å². The normalized spacial score (nSPS) is 10.7. The van der Waals surface area contributed by atoms with Gasteiger partial charge in [-0.1, -0.05) is 66.7 Å². The molecule has 0 atom stereocenters. The van der Waals surface area contributed by atoms with Crippen molar-refractivity contribution < 1.29 is 4.74 Å². The van der Waals surface area contributed by atoms with E-state index in [1.54, 1.807) is 7.11 Å². The second-order valence-corrected chi connectivity index (χ2v) is 6.04. The molecule has 3 aromatic carbocycles. The molecule has 122 valence electrons. The Morgan fingerprint density at radius 3 is 1.71 bits per heavy atom. The van der Waals surface area contributed by atoms with Crippen molar-refractivity contribution in [3.05, 3.63) is 95.6 Å². The Morgan fingerprint density at radius 2 is 1.25 bits per heavy atom. The molecule has 0 unspecified atom stereocenters. The number of hydrogen-bond acceptors (Lipinski definition) is 2. The molecule has 0 heterocycles. The average molecular weight is 317 g/mol. The van der Waals surface area contributed by atoms with Crippen LogP contribution in [-0.2, 0) is 0 Å². The molecule has 0 aliphatic carbocycles. The fourth-order valence-electron chi connectivity index (χ4n) is 3.21. The van der Waals surface area contributed by atoms with Gasteiger partial charge in [0.05, 0.1) is 7.11 Å². The molecule has 0 saturated heterocycles. The molecular weight excluding hydrogens is 294 g/mol. The van der Waals surface area contributed by atoms with E-state index in [1.807, 2.05) is 12.1 Å². The van der Waals surface area contributed by atoms with Crippen LogP contribution in [0.1, 0.15) is 22.6 Å². The van der Waals surface area contributed by atoms with E-state index >= 15 is 0 Å². The molecule has 3 aromatic rings. The number of methoxy groups -OCH3 is 1. The quantitative estimate of drug-likeness (QED) is 0.618. The molecule has 0 amide bonds. The Hall–Kier alpha value is -2.74. The Labute approximate surface area is 144 Å². The molecule has 0 bridgehead atoms. The van der Waals surface area contributed by atoms with E-state index in [1.165, 1.54) is 22.4 Å². The summed E-state index contributed by atoms with van der Waals surface area (Å²) in [5.74, 6) is 1.04. The lowest BCUT2D eigenvalue weighted by Crippen LogP contribution is -2.15. The van der Waals surface area contributed by atoms with Gasteiger partial charge in [0, 0.05) is 31.3 Å². The summed E-state index contributed by atoms with van der Waals surface area (Å²) in [4.78, 5) is 2.15. The predicted molar refractivity (Wildman–Crippen MR) is 101 cm³/mol. The molecule has 3 rings (SSSR count). The second-order valence-electron chi connectivity index (χ2n) is 6.04. The van der Waals surface area contributed by atoms with Crippen LogP contribution >= 0.6 is 0 Å². The average Bonchev–Trinajstić information content (AvgIpc) is 2.63. The highest BCUT2D eigenvalue weighted by Crippen LogP contribution is 2.42. The Bertz CT molecular complexity index is 742. The molecule has 0 N–H and O–H groups in total. The third-order valence-electron chi connectivity index (χ3n) is 4.30. The zero-order chi connectivity index (χ0) is 16.9. The van der Waals surface area contributed by atoms with Crippen molar-refractivity contribution in [3.8, 4) is 5.75 Å². The van der Waals surface area contributed by atoms with E-state index in [2.05, 4.69) is 85.7 Å². The van der Waals surface area contributed by atoms with Gasteiger partial charge in [0.15, 0.2) is 0 Å². The van der Waals surface area contributed by atoms with Gasteiger partial charge < -0.3 is 9.64 Å². The van der Waals surface area contributed by atoms with Crippen molar-refractivity contribution in [2.45, 2.75) is 5.92 Å². The molecule has 0 spiro atoms. The molecule has 0 aliphatic heterocycles. The van der Waals surface area contributed by atoms with Crippen LogP contribution in [0, 0.1) is 0 Å². The third-order valence-corrected chi connectivity index (χ3v) is 4.30. The van der Waals surface area contributed by atoms with Crippen molar-refractivity contribution in [2.75, 3.05) is 26.1 Å². The van der Waals surface area contributed by atoms with Gasteiger partial charge in [-0.3, -0.25) is 0 Å². The highest BCUT2D eigenvalue weighted by Gasteiger charge is 2.24. The molecule has 0 aromatic heterocycles. The number of nitrogens with zero attached hydrogens (tertiary/aromatic N) is 1. The van der Waals surface area contributed by atoms with Crippen molar-refractivity contribution >= 4 is 5.69 Å². The first-order chi connectivity index (χ1) is 11.7. The van der Waals surface area contributed by atoms with E-state index in [-0.39, 0.29) is 5.92 Å². The van der Waals surface area contributed by atoms with Crippen molar-refractivity contribution in [1.29, 1.82) is 0 Å². The zero-order valence-corrected chi connectivity index (χ0v) is 14.4. The summed E-state index contributed by atoms with van der Waals surface area (Å²) in [5, 5.41) is 0. The van der Waals surface area contributed by atoms with E-state index in [0.717, 1.165) is 5.75 Å². The van der Waals surface area contributed by atoms with Gasteiger partial charge in [-0.05, 0) is 23.3 Å². The van der Waals surface area contributed by atoms with E-state index in [9.17, 15) is 0 Å². The number of rotatable bonds is 5. The predicted octanol–water partition coefficient (Wildman–Crippen LogP) is 4.94. The minimum absolute atomic E-state index is 0.126. The first-order valence-electron chi connectivity index (χ1n) is 8.16. The minimum Gasteiger partial charge on any atom is -0.496 e. The Balaban J connectivity index is 2.28. The highest BCUT2D eigenvalue weighted by molar-refractivity contribution is 5.65. The van der Waals surface area contributed by atoms with E-state index < -0.39 is 0 Å². The minimum atomic E-state index is 0.126. The summed E-state index contributed by atoms with van der Waals surface area (Å²) in [6, 6.07) is 27.5. The molecule has 0 fully saturated rings. The van der Waals surface area contributed by atoms with Crippen LogP contribution in [0.4, 0.5) is 5.69 Å². The SMILES string of the molecule is COc1cccc(N(C)C)c1C(c1ccccc1)c1ccccc1. The maximum absolute atomic E-state index is 5.73. The van der Waals surface area contributed by atoms with Crippen LogP contribution in [0.2, 0.25) is 0 Å². The van der Waals surface area contributed by atoms with Gasteiger partial charge in [0.2, 0.25) is 0 Å².